The summed E-state index contributed by atoms with van der Waals surface area (Å²) in [4.78, 5) is 13.9. The van der Waals surface area contributed by atoms with Crippen LogP contribution in [0, 0.1) is 0 Å². The van der Waals surface area contributed by atoms with Gasteiger partial charge in [0.2, 0.25) is 5.95 Å². The highest BCUT2D eigenvalue weighted by molar-refractivity contribution is 7.18. The van der Waals surface area contributed by atoms with Crippen LogP contribution in [0.3, 0.4) is 0 Å². The molecule has 104 valence electrons. The van der Waals surface area contributed by atoms with Gasteiger partial charge in [-0.3, -0.25) is 0 Å². The highest BCUT2D eigenvalue weighted by Crippen LogP contribution is 2.32. The quantitative estimate of drug-likeness (QED) is 0.908. The molecule has 0 radical (unpaired) electrons. The molecule has 0 unspecified atom stereocenters. The third kappa shape index (κ3) is 2.81. The molecule has 0 spiro atoms. The fourth-order valence-corrected chi connectivity index (χ4v) is 2.84. The Hall–Kier alpha value is -1.36. The van der Waals surface area contributed by atoms with E-state index in [0.717, 1.165) is 29.6 Å². The lowest BCUT2D eigenvalue weighted by molar-refractivity contribution is 0.746. The molecule has 0 fully saturated rings. The third-order valence-electron chi connectivity index (χ3n) is 3.22. The van der Waals surface area contributed by atoms with Crippen molar-refractivity contribution in [1.29, 1.82) is 0 Å². The van der Waals surface area contributed by atoms with E-state index in [9.17, 15) is 0 Å². The molecular formula is C14H22N4S. The van der Waals surface area contributed by atoms with Crippen LogP contribution in [0.25, 0.3) is 10.2 Å². The summed E-state index contributed by atoms with van der Waals surface area (Å²) in [5, 5.41) is 4.39. The van der Waals surface area contributed by atoms with Gasteiger partial charge >= 0.3 is 0 Å². The van der Waals surface area contributed by atoms with E-state index < -0.39 is 0 Å². The number of aromatic nitrogens is 2. The van der Waals surface area contributed by atoms with Crippen molar-refractivity contribution < 1.29 is 0 Å². The SMILES string of the molecule is CCNc1nc(N(C)C(C)C)c2cc(CC)sc2n1. The first-order valence-electron chi connectivity index (χ1n) is 6.84. The molecule has 2 aromatic rings. The van der Waals surface area contributed by atoms with Gasteiger partial charge in [0, 0.05) is 24.5 Å². The van der Waals surface area contributed by atoms with E-state index >= 15 is 0 Å². The molecular weight excluding hydrogens is 256 g/mol. The zero-order chi connectivity index (χ0) is 14.0. The van der Waals surface area contributed by atoms with Crippen molar-refractivity contribution in [1.82, 2.24) is 9.97 Å². The molecule has 0 amide bonds. The van der Waals surface area contributed by atoms with Crippen LogP contribution in [-0.4, -0.2) is 29.6 Å². The van der Waals surface area contributed by atoms with Crippen molar-refractivity contribution >= 4 is 33.3 Å². The van der Waals surface area contributed by atoms with Crippen molar-refractivity contribution in [2.24, 2.45) is 0 Å². The zero-order valence-electron chi connectivity index (χ0n) is 12.3. The summed E-state index contributed by atoms with van der Waals surface area (Å²) >= 11 is 1.76. The Labute approximate surface area is 118 Å². The zero-order valence-corrected chi connectivity index (χ0v) is 13.1. The number of thiophene rings is 1. The number of rotatable bonds is 5. The Balaban J connectivity index is 2.59. The fourth-order valence-electron chi connectivity index (χ4n) is 1.88. The van der Waals surface area contributed by atoms with Crippen molar-refractivity contribution in [2.45, 2.75) is 40.2 Å². The second-order valence-electron chi connectivity index (χ2n) is 4.89. The maximum absolute atomic E-state index is 4.67. The Bertz CT molecular complexity index is 562. The predicted octanol–water partition coefficient (Wildman–Crippen LogP) is 3.53. The Kier molecular flexibility index (Phi) is 4.24. The van der Waals surface area contributed by atoms with Crippen LogP contribution in [-0.2, 0) is 6.42 Å². The number of hydrogen-bond donors (Lipinski definition) is 1. The van der Waals surface area contributed by atoms with Gasteiger partial charge in [-0.15, -0.1) is 11.3 Å². The first kappa shape index (κ1) is 14.1. The van der Waals surface area contributed by atoms with Crippen LogP contribution in [0.5, 0.6) is 0 Å². The van der Waals surface area contributed by atoms with Crippen LogP contribution >= 0.6 is 11.3 Å². The third-order valence-corrected chi connectivity index (χ3v) is 4.39. The van der Waals surface area contributed by atoms with Gasteiger partial charge in [-0.25, -0.2) is 4.98 Å². The van der Waals surface area contributed by atoms with Gasteiger partial charge in [0.05, 0.1) is 5.39 Å². The summed E-state index contributed by atoms with van der Waals surface area (Å²) in [5.74, 6) is 1.74. The van der Waals surface area contributed by atoms with Gasteiger partial charge < -0.3 is 10.2 Å². The molecule has 5 heteroatoms. The summed E-state index contributed by atoms with van der Waals surface area (Å²) < 4.78 is 0. The molecule has 1 N–H and O–H groups in total. The number of aryl methyl sites for hydroxylation is 1. The summed E-state index contributed by atoms with van der Waals surface area (Å²) in [6.07, 6.45) is 1.04. The molecule has 2 aromatic heterocycles. The van der Waals surface area contributed by atoms with Crippen LogP contribution in [0.15, 0.2) is 6.07 Å². The minimum atomic E-state index is 0.414. The first-order valence-corrected chi connectivity index (χ1v) is 7.65. The summed E-state index contributed by atoms with van der Waals surface area (Å²) in [7, 11) is 2.09. The lowest BCUT2D eigenvalue weighted by Gasteiger charge is -2.23. The summed E-state index contributed by atoms with van der Waals surface area (Å²) in [5.41, 5.74) is 0. The maximum Gasteiger partial charge on any atom is 0.226 e. The van der Waals surface area contributed by atoms with Crippen LogP contribution in [0.4, 0.5) is 11.8 Å². The van der Waals surface area contributed by atoms with Crippen LogP contribution in [0.1, 0.15) is 32.6 Å². The van der Waals surface area contributed by atoms with E-state index in [4.69, 9.17) is 0 Å². The minimum Gasteiger partial charge on any atom is -0.357 e. The first-order chi connectivity index (χ1) is 9.06. The fraction of sp³-hybridized carbons (Fsp3) is 0.571. The van der Waals surface area contributed by atoms with Crippen LogP contribution < -0.4 is 10.2 Å². The molecule has 0 bridgehead atoms. The number of fused-ring (bicyclic) bond motifs is 1. The molecule has 0 aromatic carbocycles. The van der Waals surface area contributed by atoms with E-state index in [-0.39, 0.29) is 0 Å². The predicted molar refractivity (Wildman–Crippen MR) is 84.5 cm³/mol. The lowest BCUT2D eigenvalue weighted by atomic mass is 10.2. The van der Waals surface area contributed by atoms with Gasteiger partial charge in [0.15, 0.2) is 0 Å². The normalized spacial score (nSPS) is 11.3. The molecule has 0 saturated heterocycles. The molecule has 0 aliphatic heterocycles. The topological polar surface area (TPSA) is 41.1 Å². The van der Waals surface area contributed by atoms with E-state index in [1.54, 1.807) is 11.3 Å². The van der Waals surface area contributed by atoms with Gasteiger partial charge in [0.25, 0.3) is 0 Å². The van der Waals surface area contributed by atoms with E-state index in [1.165, 1.54) is 10.3 Å². The average molecular weight is 278 g/mol. The number of nitrogens with zero attached hydrogens (tertiary/aromatic N) is 3. The molecule has 4 nitrogen and oxygen atoms in total. The van der Waals surface area contributed by atoms with Crippen LogP contribution in [0.2, 0.25) is 0 Å². The second kappa shape index (κ2) is 5.74. The molecule has 0 saturated carbocycles. The molecule has 0 aliphatic rings. The Morgan fingerprint density at radius 3 is 2.63 bits per heavy atom. The van der Waals surface area contributed by atoms with Gasteiger partial charge in [-0.05, 0) is 33.3 Å². The Morgan fingerprint density at radius 1 is 1.32 bits per heavy atom. The van der Waals surface area contributed by atoms with Crippen molar-refractivity contribution in [3.05, 3.63) is 10.9 Å². The van der Waals surface area contributed by atoms with Gasteiger partial charge in [0.1, 0.15) is 10.6 Å². The largest absolute Gasteiger partial charge is 0.357 e. The maximum atomic E-state index is 4.67. The molecule has 0 atom stereocenters. The van der Waals surface area contributed by atoms with E-state index in [1.807, 2.05) is 0 Å². The highest BCUT2D eigenvalue weighted by Gasteiger charge is 2.16. The summed E-state index contributed by atoms with van der Waals surface area (Å²) in [6, 6.07) is 2.64. The minimum absolute atomic E-state index is 0.414. The van der Waals surface area contributed by atoms with E-state index in [0.29, 0.717) is 6.04 Å². The second-order valence-corrected chi connectivity index (χ2v) is 6.01. The molecule has 2 rings (SSSR count). The Morgan fingerprint density at radius 2 is 2.05 bits per heavy atom. The van der Waals surface area contributed by atoms with Gasteiger partial charge in [-0.2, -0.15) is 4.98 Å². The van der Waals surface area contributed by atoms with Crippen molar-refractivity contribution in [3.8, 4) is 0 Å². The monoisotopic (exact) mass is 278 g/mol. The highest BCUT2D eigenvalue weighted by atomic mass is 32.1. The molecule has 19 heavy (non-hydrogen) atoms. The standard InChI is InChI=1S/C14H22N4S/c1-6-10-8-11-12(18(5)9(3)4)16-14(15-7-2)17-13(11)19-10/h8-9H,6-7H2,1-5H3,(H,15,16,17). The van der Waals surface area contributed by atoms with E-state index in [2.05, 4.69) is 61.0 Å². The van der Waals surface area contributed by atoms with Crippen molar-refractivity contribution in [3.63, 3.8) is 0 Å². The number of hydrogen-bond acceptors (Lipinski definition) is 5. The van der Waals surface area contributed by atoms with Crippen molar-refractivity contribution in [2.75, 3.05) is 23.8 Å². The average Bonchev–Trinajstić information content (AvgIpc) is 2.80. The smallest absolute Gasteiger partial charge is 0.226 e. The lowest BCUT2D eigenvalue weighted by Crippen LogP contribution is -2.27. The number of anilines is 2. The molecule has 0 aliphatic carbocycles. The summed E-state index contributed by atoms with van der Waals surface area (Å²) in [6.45, 7) is 9.42. The number of nitrogens with one attached hydrogen (secondary N) is 1. The molecule has 2 heterocycles. The van der Waals surface area contributed by atoms with Gasteiger partial charge in [-0.1, -0.05) is 6.92 Å².